The second-order valence-corrected chi connectivity index (χ2v) is 6.77. The first-order chi connectivity index (χ1) is 8.70. The molecule has 0 amide bonds. The molecular formula is C16H30N2O. The van der Waals surface area contributed by atoms with Crippen molar-refractivity contribution in [2.45, 2.75) is 59.7 Å². The fourth-order valence-corrected chi connectivity index (χ4v) is 2.06. The van der Waals surface area contributed by atoms with Gasteiger partial charge in [0.2, 0.25) is 0 Å². The Morgan fingerprint density at radius 1 is 1.32 bits per heavy atom. The van der Waals surface area contributed by atoms with Crippen LogP contribution < -0.4 is 5.32 Å². The maximum atomic E-state index is 5.36. The summed E-state index contributed by atoms with van der Waals surface area (Å²) in [7, 11) is 2.19. The van der Waals surface area contributed by atoms with E-state index in [1.54, 1.807) is 6.26 Å². The molecule has 0 aromatic carbocycles. The van der Waals surface area contributed by atoms with Crippen molar-refractivity contribution in [1.29, 1.82) is 0 Å². The summed E-state index contributed by atoms with van der Waals surface area (Å²) in [5.41, 5.74) is 1.47. The average Bonchev–Trinajstić information content (AvgIpc) is 2.70. The second kappa shape index (κ2) is 6.58. The number of nitrogens with one attached hydrogen (secondary N) is 1. The van der Waals surface area contributed by atoms with Crippen LogP contribution in [0.15, 0.2) is 16.7 Å². The lowest BCUT2D eigenvalue weighted by Crippen LogP contribution is -2.44. The van der Waals surface area contributed by atoms with Gasteiger partial charge in [0, 0.05) is 23.7 Å². The molecule has 0 bridgehead atoms. The Hall–Kier alpha value is -0.800. The molecule has 1 aromatic rings. The molecule has 0 aliphatic carbocycles. The van der Waals surface area contributed by atoms with E-state index in [9.17, 15) is 0 Å². The molecule has 0 fully saturated rings. The van der Waals surface area contributed by atoms with Crippen molar-refractivity contribution < 1.29 is 4.42 Å². The Labute approximate surface area is 118 Å². The molecule has 2 atom stereocenters. The summed E-state index contributed by atoms with van der Waals surface area (Å²) >= 11 is 0. The van der Waals surface area contributed by atoms with E-state index in [0.29, 0.717) is 12.0 Å². The Morgan fingerprint density at radius 2 is 1.95 bits per heavy atom. The van der Waals surface area contributed by atoms with Crippen LogP contribution in [0.1, 0.15) is 45.9 Å². The van der Waals surface area contributed by atoms with E-state index in [1.165, 1.54) is 5.56 Å². The zero-order valence-electron chi connectivity index (χ0n) is 13.6. The van der Waals surface area contributed by atoms with Crippen LogP contribution in [-0.4, -0.2) is 30.1 Å². The lowest BCUT2D eigenvalue weighted by molar-refractivity contribution is 0.181. The molecule has 1 rings (SSSR count). The van der Waals surface area contributed by atoms with Gasteiger partial charge in [-0.05, 0) is 60.2 Å². The molecule has 3 heteroatoms. The number of aryl methyl sites for hydroxylation is 1. The van der Waals surface area contributed by atoms with Gasteiger partial charge in [-0.3, -0.25) is 4.90 Å². The zero-order valence-corrected chi connectivity index (χ0v) is 13.6. The molecule has 0 radical (unpaired) electrons. The van der Waals surface area contributed by atoms with E-state index < -0.39 is 0 Å². The third-order valence-electron chi connectivity index (χ3n) is 3.86. The van der Waals surface area contributed by atoms with Crippen LogP contribution in [0.3, 0.4) is 0 Å². The van der Waals surface area contributed by atoms with E-state index in [1.807, 2.05) is 6.92 Å². The first kappa shape index (κ1) is 16.3. The van der Waals surface area contributed by atoms with Crippen molar-refractivity contribution in [3.63, 3.8) is 0 Å². The molecule has 3 nitrogen and oxygen atoms in total. The van der Waals surface area contributed by atoms with Gasteiger partial charge in [-0.25, -0.2) is 0 Å². The number of rotatable bonds is 6. The average molecular weight is 266 g/mol. The van der Waals surface area contributed by atoms with Crippen LogP contribution in [0, 0.1) is 12.8 Å². The van der Waals surface area contributed by atoms with Crippen LogP contribution in [0.2, 0.25) is 0 Å². The molecule has 0 aliphatic heterocycles. The second-order valence-electron chi connectivity index (χ2n) is 6.77. The van der Waals surface area contributed by atoms with Crippen LogP contribution in [0.5, 0.6) is 0 Å². The lowest BCUT2D eigenvalue weighted by atomic mass is 10.00. The Balaban J connectivity index is 2.47. The van der Waals surface area contributed by atoms with Gasteiger partial charge in [0.05, 0.1) is 6.26 Å². The van der Waals surface area contributed by atoms with Gasteiger partial charge in [-0.1, -0.05) is 6.92 Å². The minimum absolute atomic E-state index is 0.188. The third kappa shape index (κ3) is 5.37. The minimum Gasteiger partial charge on any atom is -0.469 e. The largest absolute Gasteiger partial charge is 0.469 e. The van der Waals surface area contributed by atoms with Crippen molar-refractivity contribution >= 4 is 0 Å². The highest BCUT2D eigenvalue weighted by Gasteiger charge is 2.20. The molecule has 0 saturated carbocycles. The summed E-state index contributed by atoms with van der Waals surface area (Å²) in [5.74, 6) is 1.64. The normalized spacial score (nSPS) is 15.8. The predicted molar refractivity (Wildman–Crippen MR) is 81.3 cm³/mol. The van der Waals surface area contributed by atoms with E-state index in [-0.39, 0.29) is 5.54 Å². The van der Waals surface area contributed by atoms with E-state index >= 15 is 0 Å². The monoisotopic (exact) mass is 266 g/mol. The minimum atomic E-state index is 0.188. The smallest absolute Gasteiger partial charge is 0.105 e. The lowest BCUT2D eigenvalue weighted by Gasteiger charge is -2.32. The standard InChI is InChI=1S/C16H30N2O/c1-12(10-17-16(4,5)6)13(2)18(7)11-15-8-9-19-14(15)3/h8-9,12-13,17H,10-11H2,1-7H3. The van der Waals surface area contributed by atoms with Crippen molar-refractivity contribution in [2.75, 3.05) is 13.6 Å². The van der Waals surface area contributed by atoms with Crippen LogP contribution >= 0.6 is 0 Å². The highest BCUT2D eigenvalue weighted by molar-refractivity contribution is 5.15. The SMILES string of the molecule is Cc1occc1CN(C)C(C)C(C)CNC(C)(C)C. The predicted octanol–water partition coefficient (Wildman–Crippen LogP) is 3.43. The van der Waals surface area contributed by atoms with E-state index in [0.717, 1.165) is 18.8 Å². The molecule has 1 aromatic heterocycles. The maximum Gasteiger partial charge on any atom is 0.105 e. The molecule has 0 spiro atoms. The molecule has 19 heavy (non-hydrogen) atoms. The quantitative estimate of drug-likeness (QED) is 0.855. The first-order valence-electron chi connectivity index (χ1n) is 7.19. The Morgan fingerprint density at radius 3 is 2.42 bits per heavy atom. The summed E-state index contributed by atoms with van der Waals surface area (Å²) in [6, 6.07) is 2.60. The number of furan rings is 1. The van der Waals surface area contributed by atoms with Gasteiger partial charge in [0.25, 0.3) is 0 Å². The Bertz CT molecular complexity index is 378. The van der Waals surface area contributed by atoms with Crippen LogP contribution in [0.25, 0.3) is 0 Å². The number of nitrogens with zero attached hydrogens (tertiary/aromatic N) is 1. The first-order valence-corrected chi connectivity index (χ1v) is 7.19. The molecule has 110 valence electrons. The summed E-state index contributed by atoms with van der Waals surface area (Å²) in [6.45, 7) is 15.3. The number of hydrogen-bond acceptors (Lipinski definition) is 3. The summed E-state index contributed by atoms with van der Waals surface area (Å²) in [6.07, 6.45) is 1.77. The van der Waals surface area contributed by atoms with Gasteiger partial charge in [0.15, 0.2) is 0 Å². The van der Waals surface area contributed by atoms with Gasteiger partial charge in [0.1, 0.15) is 5.76 Å². The molecule has 0 aliphatic rings. The fourth-order valence-electron chi connectivity index (χ4n) is 2.06. The number of hydrogen-bond donors (Lipinski definition) is 1. The van der Waals surface area contributed by atoms with Crippen LogP contribution in [0.4, 0.5) is 0 Å². The molecule has 2 unspecified atom stereocenters. The van der Waals surface area contributed by atoms with Crippen molar-refractivity contribution in [2.24, 2.45) is 5.92 Å². The molecule has 1 N–H and O–H groups in total. The van der Waals surface area contributed by atoms with Gasteiger partial charge >= 0.3 is 0 Å². The van der Waals surface area contributed by atoms with Gasteiger partial charge in [-0.15, -0.1) is 0 Å². The fraction of sp³-hybridized carbons (Fsp3) is 0.750. The van der Waals surface area contributed by atoms with Crippen molar-refractivity contribution in [1.82, 2.24) is 10.2 Å². The van der Waals surface area contributed by atoms with Gasteiger partial charge < -0.3 is 9.73 Å². The topological polar surface area (TPSA) is 28.4 Å². The summed E-state index contributed by atoms with van der Waals surface area (Å²) in [4.78, 5) is 2.40. The van der Waals surface area contributed by atoms with Gasteiger partial charge in [-0.2, -0.15) is 0 Å². The molecular weight excluding hydrogens is 236 g/mol. The maximum absolute atomic E-state index is 5.36. The van der Waals surface area contributed by atoms with Crippen LogP contribution in [-0.2, 0) is 6.54 Å². The summed E-state index contributed by atoms with van der Waals surface area (Å²) in [5, 5.41) is 3.58. The highest BCUT2D eigenvalue weighted by atomic mass is 16.3. The zero-order chi connectivity index (χ0) is 14.6. The van der Waals surface area contributed by atoms with E-state index in [2.05, 4.69) is 57.9 Å². The molecule has 0 saturated heterocycles. The third-order valence-corrected chi connectivity index (χ3v) is 3.86. The highest BCUT2D eigenvalue weighted by Crippen LogP contribution is 2.16. The van der Waals surface area contributed by atoms with Crippen molar-refractivity contribution in [3.05, 3.63) is 23.7 Å². The van der Waals surface area contributed by atoms with E-state index in [4.69, 9.17) is 4.42 Å². The molecule has 1 heterocycles. The Kier molecular flexibility index (Phi) is 5.63. The summed E-state index contributed by atoms with van der Waals surface area (Å²) < 4.78 is 5.36. The van der Waals surface area contributed by atoms with Crippen molar-refractivity contribution in [3.8, 4) is 0 Å².